The summed E-state index contributed by atoms with van der Waals surface area (Å²) < 4.78 is 10.8. The number of carboxylic acid groups (broad SMARTS) is 1. The van der Waals surface area contributed by atoms with Gasteiger partial charge in [-0.05, 0) is 62.1 Å². The van der Waals surface area contributed by atoms with Crippen LogP contribution in [0.4, 0.5) is 17.5 Å². The highest BCUT2D eigenvalue weighted by Gasteiger charge is 2.28. The van der Waals surface area contributed by atoms with Gasteiger partial charge in [-0.3, -0.25) is 4.79 Å². The van der Waals surface area contributed by atoms with E-state index in [0.29, 0.717) is 29.6 Å². The average Bonchev–Trinajstić information content (AvgIpc) is 3.58. The minimum absolute atomic E-state index is 0.0641. The van der Waals surface area contributed by atoms with Crippen molar-refractivity contribution >= 4 is 29.3 Å². The standard InChI is InChI=1S/C27H29N5O5/c1-36-22-11-10-18(14-23(22)37-2)28-24-20-4-3-5-21(20)30-27(31-24)32-13-12-19(15-32)29-25(33)16-6-8-17(9-7-16)26(34)35/h6-11,14,19H,3-5,12-13,15H2,1-2H3,(H,29,33)(H,34,35)(H,28,30,31). The molecule has 1 aliphatic carbocycles. The van der Waals surface area contributed by atoms with Crippen LogP contribution in [-0.2, 0) is 12.8 Å². The number of carbonyl (C=O) groups excluding carboxylic acids is 1. The predicted octanol–water partition coefficient (Wildman–Crippen LogP) is 3.43. The zero-order chi connectivity index (χ0) is 25.9. The highest BCUT2D eigenvalue weighted by atomic mass is 16.5. The Labute approximate surface area is 214 Å². The number of fused-ring (bicyclic) bond motifs is 1. The molecule has 3 N–H and O–H groups in total. The number of carbonyl (C=O) groups is 2. The van der Waals surface area contributed by atoms with Crippen LogP contribution in [-0.4, -0.2) is 60.3 Å². The van der Waals surface area contributed by atoms with Crippen LogP contribution in [0.1, 0.15) is 44.8 Å². The van der Waals surface area contributed by atoms with Gasteiger partial charge in [0.15, 0.2) is 11.5 Å². The molecule has 1 aliphatic heterocycles. The van der Waals surface area contributed by atoms with Crippen molar-refractivity contribution in [2.75, 3.05) is 37.5 Å². The molecule has 1 unspecified atom stereocenters. The predicted molar refractivity (Wildman–Crippen MR) is 138 cm³/mol. The number of benzene rings is 2. The van der Waals surface area contributed by atoms with Gasteiger partial charge in [-0.15, -0.1) is 0 Å². The molecule has 192 valence electrons. The first kappa shape index (κ1) is 24.4. The Morgan fingerprint density at radius 1 is 1.00 bits per heavy atom. The Hall–Kier alpha value is -4.34. The fourth-order valence-electron chi connectivity index (χ4n) is 4.81. The van der Waals surface area contributed by atoms with Crippen molar-refractivity contribution < 1.29 is 24.2 Å². The summed E-state index contributed by atoms with van der Waals surface area (Å²) in [5.41, 5.74) is 3.61. The normalized spacial score (nSPS) is 16.3. The van der Waals surface area contributed by atoms with Gasteiger partial charge in [0.25, 0.3) is 5.91 Å². The summed E-state index contributed by atoms with van der Waals surface area (Å²) in [5, 5.41) is 15.5. The highest BCUT2D eigenvalue weighted by molar-refractivity contribution is 5.96. The van der Waals surface area contributed by atoms with Crippen molar-refractivity contribution in [2.24, 2.45) is 0 Å². The smallest absolute Gasteiger partial charge is 0.335 e. The maximum Gasteiger partial charge on any atom is 0.335 e. The number of carboxylic acids is 1. The Morgan fingerprint density at radius 3 is 2.49 bits per heavy atom. The van der Waals surface area contributed by atoms with E-state index in [1.54, 1.807) is 14.2 Å². The van der Waals surface area contributed by atoms with E-state index < -0.39 is 5.97 Å². The van der Waals surface area contributed by atoms with Gasteiger partial charge in [-0.25, -0.2) is 9.78 Å². The van der Waals surface area contributed by atoms with Gasteiger partial charge in [0, 0.05) is 42.0 Å². The number of rotatable bonds is 8. The number of nitrogens with zero attached hydrogens (tertiary/aromatic N) is 3. The van der Waals surface area contributed by atoms with Crippen LogP contribution in [0.25, 0.3) is 0 Å². The molecule has 3 aromatic rings. The number of aromatic nitrogens is 2. The molecule has 0 bridgehead atoms. The molecular weight excluding hydrogens is 474 g/mol. The minimum atomic E-state index is -1.02. The lowest BCUT2D eigenvalue weighted by Crippen LogP contribution is -2.37. The van der Waals surface area contributed by atoms with E-state index in [1.807, 2.05) is 18.2 Å². The maximum atomic E-state index is 12.7. The minimum Gasteiger partial charge on any atom is -0.493 e. The topological polar surface area (TPSA) is 126 Å². The van der Waals surface area contributed by atoms with Gasteiger partial charge in [-0.1, -0.05) is 0 Å². The second-order valence-corrected chi connectivity index (χ2v) is 9.13. The van der Waals surface area contributed by atoms with E-state index in [1.165, 1.54) is 24.3 Å². The van der Waals surface area contributed by atoms with Crippen LogP contribution in [0.2, 0.25) is 0 Å². The summed E-state index contributed by atoms with van der Waals surface area (Å²) in [4.78, 5) is 35.6. The van der Waals surface area contributed by atoms with E-state index in [0.717, 1.165) is 55.0 Å². The van der Waals surface area contributed by atoms with Crippen molar-refractivity contribution in [1.82, 2.24) is 15.3 Å². The Kier molecular flexibility index (Phi) is 6.80. The van der Waals surface area contributed by atoms with E-state index in [4.69, 9.17) is 24.5 Å². The zero-order valence-electron chi connectivity index (χ0n) is 20.8. The molecule has 37 heavy (non-hydrogen) atoms. The van der Waals surface area contributed by atoms with Gasteiger partial charge in [0.2, 0.25) is 5.95 Å². The first-order chi connectivity index (χ1) is 17.9. The number of hydrogen-bond donors (Lipinski definition) is 3. The van der Waals surface area contributed by atoms with Crippen LogP contribution in [0.5, 0.6) is 11.5 Å². The lowest BCUT2D eigenvalue weighted by atomic mass is 10.1. The third-order valence-corrected chi connectivity index (χ3v) is 6.77. The molecule has 1 atom stereocenters. The molecule has 10 heteroatoms. The molecule has 1 aromatic heterocycles. The highest BCUT2D eigenvalue weighted by Crippen LogP contribution is 2.34. The second-order valence-electron chi connectivity index (χ2n) is 9.13. The van der Waals surface area contributed by atoms with Crippen LogP contribution >= 0.6 is 0 Å². The van der Waals surface area contributed by atoms with E-state index in [2.05, 4.69) is 15.5 Å². The summed E-state index contributed by atoms with van der Waals surface area (Å²) in [6.45, 7) is 1.31. The number of aryl methyl sites for hydroxylation is 1. The molecule has 2 heterocycles. The summed E-state index contributed by atoms with van der Waals surface area (Å²) in [6, 6.07) is 11.5. The van der Waals surface area contributed by atoms with E-state index in [9.17, 15) is 9.59 Å². The molecule has 1 saturated heterocycles. The number of hydrogen-bond acceptors (Lipinski definition) is 8. The Bertz CT molecular complexity index is 1330. The Balaban J connectivity index is 1.30. The lowest BCUT2D eigenvalue weighted by molar-refractivity contribution is 0.0696. The van der Waals surface area contributed by atoms with Crippen molar-refractivity contribution in [2.45, 2.75) is 31.7 Å². The van der Waals surface area contributed by atoms with Crippen LogP contribution in [0, 0.1) is 0 Å². The summed E-state index contributed by atoms with van der Waals surface area (Å²) >= 11 is 0. The fraction of sp³-hybridized carbons (Fsp3) is 0.333. The molecule has 1 amide bonds. The number of methoxy groups -OCH3 is 2. The van der Waals surface area contributed by atoms with E-state index >= 15 is 0 Å². The number of ether oxygens (including phenoxy) is 2. The fourth-order valence-corrected chi connectivity index (χ4v) is 4.81. The van der Waals surface area contributed by atoms with Crippen molar-refractivity contribution in [3.63, 3.8) is 0 Å². The van der Waals surface area contributed by atoms with Gasteiger partial charge in [0.05, 0.1) is 25.5 Å². The second kappa shape index (κ2) is 10.3. The summed E-state index contributed by atoms with van der Waals surface area (Å²) in [7, 11) is 3.21. The van der Waals surface area contributed by atoms with Crippen LogP contribution < -0.4 is 25.0 Å². The summed E-state index contributed by atoms with van der Waals surface area (Å²) in [5.74, 6) is 1.47. The van der Waals surface area contributed by atoms with Crippen molar-refractivity contribution in [3.8, 4) is 11.5 Å². The van der Waals surface area contributed by atoms with Gasteiger partial charge >= 0.3 is 5.97 Å². The molecule has 0 spiro atoms. The average molecular weight is 504 g/mol. The van der Waals surface area contributed by atoms with Crippen LogP contribution in [0.3, 0.4) is 0 Å². The molecule has 0 radical (unpaired) electrons. The Morgan fingerprint density at radius 2 is 1.76 bits per heavy atom. The third kappa shape index (κ3) is 5.13. The number of aromatic carboxylic acids is 1. The molecule has 2 aromatic carbocycles. The monoisotopic (exact) mass is 503 g/mol. The molecular formula is C27H29N5O5. The number of nitrogens with one attached hydrogen (secondary N) is 2. The van der Waals surface area contributed by atoms with Gasteiger partial charge < -0.3 is 30.1 Å². The zero-order valence-corrected chi connectivity index (χ0v) is 20.8. The number of anilines is 3. The first-order valence-electron chi connectivity index (χ1n) is 12.2. The summed E-state index contributed by atoms with van der Waals surface area (Å²) in [6.07, 6.45) is 3.63. The maximum absolute atomic E-state index is 12.7. The molecule has 0 saturated carbocycles. The quantitative estimate of drug-likeness (QED) is 0.424. The molecule has 1 fully saturated rings. The van der Waals surface area contributed by atoms with Crippen molar-refractivity contribution in [1.29, 1.82) is 0 Å². The molecule has 10 nitrogen and oxygen atoms in total. The van der Waals surface area contributed by atoms with Crippen molar-refractivity contribution in [3.05, 3.63) is 64.8 Å². The van der Waals surface area contributed by atoms with Crippen LogP contribution in [0.15, 0.2) is 42.5 Å². The first-order valence-corrected chi connectivity index (χ1v) is 12.2. The largest absolute Gasteiger partial charge is 0.493 e. The number of amides is 1. The SMILES string of the molecule is COc1ccc(Nc2nc(N3CCC(NC(=O)c4ccc(C(=O)O)cc4)C3)nc3c2CCC3)cc1OC. The molecule has 5 rings (SSSR count). The van der Waals surface area contributed by atoms with Gasteiger partial charge in [-0.2, -0.15) is 4.98 Å². The lowest BCUT2D eigenvalue weighted by Gasteiger charge is -2.20. The molecule has 2 aliphatic rings. The van der Waals surface area contributed by atoms with E-state index in [-0.39, 0.29) is 17.5 Å². The van der Waals surface area contributed by atoms with Gasteiger partial charge in [0.1, 0.15) is 5.82 Å². The third-order valence-electron chi connectivity index (χ3n) is 6.77.